The average Bonchev–Trinajstić information content (AvgIpc) is 3.01. The molecule has 2 aromatic heterocycles. The van der Waals surface area contributed by atoms with Gasteiger partial charge in [0.25, 0.3) is 5.56 Å². The van der Waals surface area contributed by atoms with E-state index in [1.165, 1.54) is 4.68 Å². The summed E-state index contributed by atoms with van der Waals surface area (Å²) in [6.07, 6.45) is 0.126. The standard InChI is InChI=1S/C18H15N5O2S/c1-11-19-15-10-12(6-7-16(15)26-11)20-17(24)8-9-23-18(25)13-4-2-3-5-14(13)21-22-23/h2-7,10H,8-9H2,1H3,(H,20,24). The molecule has 0 saturated heterocycles. The van der Waals surface area contributed by atoms with Crippen molar-refractivity contribution >= 4 is 44.1 Å². The van der Waals surface area contributed by atoms with Crippen LogP contribution in [0.5, 0.6) is 0 Å². The fourth-order valence-corrected chi connectivity index (χ4v) is 3.53. The molecule has 0 unspecified atom stereocenters. The van der Waals surface area contributed by atoms with Crippen molar-refractivity contribution in [2.24, 2.45) is 0 Å². The number of aryl methyl sites for hydroxylation is 2. The van der Waals surface area contributed by atoms with Gasteiger partial charge in [-0.3, -0.25) is 9.59 Å². The molecule has 0 saturated carbocycles. The molecular formula is C18H15N5O2S. The fourth-order valence-electron chi connectivity index (χ4n) is 2.72. The highest BCUT2D eigenvalue weighted by atomic mass is 32.1. The van der Waals surface area contributed by atoms with E-state index in [2.05, 4.69) is 20.6 Å². The first-order valence-electron chi connectivity index (χ1n) is 8.10. The van der Waals surface area contributed by atoms with Crippen LogP contribution in [0.2, 0.25) is 0 Å². The third kappa shape index (κ3) is 3.18. The van der Waals surface area contributed by atoms with E-state index in [0.29, 0.717) is 16.6 Å². The summed E-state index contributed by atoms with van der Waals surface area (Å²) in [5.41, 5.74) is 1.85. The van der Waals surface area contributed by atoms with Gasteiger partial charge in [0.05, 0.1) is 27.2 Å². The average molecular weight is 365 g/mol. The molecule has 2 aromatic carbocycles. The normalized spacial score (nSPS) is 11.1. The van der Waals surface area contributed by atoms with Crippen LogP contribution in [0.25, 0.3) is 21.1 Å². The molecule has 0 bridgehead atoms. The number of nitrogens with zero attached hydrogens (tertiary/aromatic N) is 4. The second-order valence-electron chi connectivity index (χ2n) is 5.85. The highest BCUT2D eigenvalue weighted by Gasteiger charge is 2.09. The molecule has 0 aliphatic heterocycles. The number of amides is 1. The molecule has 26 heavy (non-hydrogen) atoms. The molecule has 0 aliphatic rings. The Morgan fingerprint density at radius 2 is 2.04 bits per heavy atom. The second kappa shape index (κ2) is 6.64. The molecule has 2 heterocycles. The molecule has 0 fully saturated rings. The molecule has 8 heteroatoms. The molecule has 4 rings (SSSR count). The Morgan fingerprint density at radius 3 is 2.92 bits per heavy atom. The zero-order valence-corrected chi connectivity index (χ0v) is 14.8. The Kier molecular flexibility index (Phi) is 4.18. The van der Waals surface area contributed by atoms with E-state index in [1.54, 1.807) is 35.6 Å². The Bertz CT molecular complexity index is 1180. The Morgan fingerprint density at radius 1 is 1.19 bits per heavy atom. The van der Waals surface area contributed by atoms with Gasteiger partial charge in [0, 0.05) is 12.1 Å². The van der Waals surface area contributed by atoms with Crippen LogP contribution in [-0.4, -0.2) is 25.9 Å². The number of carbonyl (C=O) groups excluding carboxylic acids is 1. The number of hydrogen-bond acceptors (Lipinski definition) is 6. The number of hydrogen-bond donors (Lipinski definition) is 1. The number of fused-ring (bicyclic) bond motifs is 2. The lowest BCUT2D eigenvalue weighted by molar-refractivity contribution is -0.116. The smallest absolute Gasteiger partial charge is 0.277 e. The number of thiazole rings is 1. The summed E-state index contributed by atoms with van der Waals surface area (Å²) in [6, 6.07) is 12.6. The predicted octanol–water partition coefficient (Wildman–Crippen LogP) is 2.74. The molecule has 0 radical (unpaired) electrons. The van der Waals surface area contributed by atoms with Crippen LogP contribution in [0, 0.1) is 6.92 Å². The summed E-state index contributed by atoms with van der Waals surface area (Å²) in [4.78, 5) is 29.0. The van der Waals surface area contributed by atoms with Crippen molar-refractivity contribution in [3.8, 4) is 0 Å². The summed E-state index contributed by atoms with van der Waals surface area (Å²) in [6.45, 7) is 2.12. The number of nitrogens with one attached hydrogen (secondary N) is 1. The Labute approximate surface area is 152 Å². The van der Waals surface area contributed by atoms with Gasteiger partial charge < -0.3 is 5.32 Å². The predicted molar refractivity (Wildman–Crippen MR) is 101 cm³/mol. The highest BCUT2D eigenvalue weighted by Crippen LogP contribution is 2.24. The maximum absolute atomic E-state index is 12.4. The molecule has 7 nitrogen and oxygen atoms in total. The van der Waals surface area contributed by atoms with Crippen LogP contribution in [0.1, 0.15) is 11.4 Å². The van der Waals surface area contributed by atoms with Gasteiger partial charge in [0.15, 0.2) is 0 Å². The van der Waals surface area contributed by atoms with Crippen LogP contribution in [0.4, 0.5) is 5.69 Å². The van der Waals surface area contributed by atoms with Crippen molar-refractivity contribution in [2.45, 2.75) is 19.9 Å². The van der Waals surface area contributed by atoms with E-state index in [1.807, 2.05) is 25.1 Å². The van der Waals surface area contributed by atoms with Gasteiger partial charge >= 0.3 is 0 Å². The van der Waals surface area contributed by atoms with Crippen molar-refractivity contribution in [1.29, 1.82) is 0 Å². The van der Waals surface area contributed by atoms with E-state index in [-0.39, 0.29) is 24.4 Å². The molecular weight excluding hydrogens is 350 g/mol. The molecule has 1 N–H and O–H groups in total. The first-order chi connectivity index (χ1) is 12.6. The van der Waals surface area contributed by atoms with Crippen molar-refractivity contribution in [2.75, 3.05) is 5.32 Å². The first kappa shape index (κ1) is 16.3. The minimum absolute atomic E-state index is 0.126. The zero-order valence-electron chi connectivity index (χ0n) is 14.0. The highest BCUT2D eigenvalue weighted by molar-refractivity contribution is 7.18. The van der Waals surface area contributed by atoms with E-state index >= 15 is 0 Å². The summed E-state index contributed by atoms with van der Waals surface area (Å²) < 4.78 is 2.30. The van der Waals surface area contributed by atoms with Crippen LogP contribution in [-0.2, 0) is 11.3 Å². The van der Waals surface area contributed by atoms with Crippen LogP contribution < -0.4 is 10.9 Å². The first-order valence-corrected chi connectivity index (χ1v) is 8.91. The molecule has 1 amide bonds. The zero-order chi connectivity index (χ0) is 18.1. The summed E-state index contributed by atoms with van der Waals surface area (Å²) >= 11 is 1.61. The molecule has 4 aromatic rings. The monoisotopic (exact) mass is 365 g/mol. The number of carbonyl (C=O) groups is 1. The van der Waals surface area contributed by atoms with E-state index < -0.39 is 0 Å². The van der Waals surface area contributed by atoms with Crippen molar-refractivity contribution in [3.63, 3.8) is 0 Å². The van der Waals surface area contributed by atoms with Crippen molar-refractivity contribution < 1.29 is 4.79 Å². The summed E-state index contributed by atoms with van der Waals surface area (Å²) in [5.74, 6) is -0.196. The number of rotatable bonds is 4. The minimum Gasteiger partial charge on any atom is -0.326 e. The van der Waals surface area contributed by atoms with E-state index in [4.69, 9.17) is 0 Å². The summed E-state index contributed by atoms with van der Waals surface area (Å²) in [7, 11) is 0. The molecule has 0 spiro atoms. The van der Waals surface area contributed by atoms with Crippen LogP contribution in [0.3, 0.4) is 0 Å². The van der Waals surface area contributed by atoms with Crippen LogP contribution in [0.15, 0.2) is 47.3 Å². The number of anilines is 1. The van der Waals surface area contributed by atoms with Gasteiger partial charge in [0.2, 0.25) is 5.91 Å². The number of aromatic nitrogens is 4. The maximum Gasteiger partial charge on any atom is 0.277 e. The third-order valence-corrected chi connectivity index (χ3v) is 4.91. The molecule has 130 valence electrons. The minimum atomic E-state index is -0.247. The lowest BCUT2D eigenvalue weighted by atomic mass is 10.2. The van der Waals surface area contributed by atoms with E-state index in [9.17, 15) is 9.59 Å². The summed E-state index contributed by atoms with van der Waals surface area (Å²) in [5, 5.41) is 12.2. The van der Waals surface area contributed by atoms with Crippen molar-refractivity contribution in [1.82, 2.24) is 20.0 Å². The molecule has 0 atom stereocenters. The maximum atomic E-state index is 12.4. The van der Waals surface area contributed by atoms with Gasteiger partial charge in [0.1, 0.15) is 5.52 Å². The van der Waals surface area contributed by atoms with Crippen molar-refractivity contribution in [3.05, 3.63) is 57.8 Å². The Hall–Kier alpha value is -3.13. The second-order valence-corrected chi connectivity index (χ2v) is 7.08. The lowest BCUT2D eigenvalue weighted by Gasteiger charge is -2.06. The number of benzene rings is 2. The quantitative estimate of drug-likeness (QED) is 0.601. The topological polar surface area (TPSA) is 89.8 Å². The third-order valence-electron chi connectivity index (χ3n) is 3.96. The van der Waals surface area contributed by atoms with Gasteiger partial charge in [-0.25, -0.2) is 9.67 Å². The van der Waals surface area contributed by atoms with E-state index in [0.717, 1.165) is 15.2 Å². The van der Waals surface area contributed by atoms with Gasteiger partial charge in [-0.2, -0.15) is 0 Å². The Balaban J connectivity index is 1.46. The molecule has 0 aliphatic carbocycles. The van der Waals surface area contributed by atoms with Gasteiger partial charge in [-0.1, -0.05) is 17.3 Å². The van der Waals surface area contributed by atoms with Gasteiger partial charge in [-0.15, -0.1) is 16.4 Å². The van der Waals surface area contributed by atoms with Crippen LogP contribution >= 0.6 is 11.3 Å². The lowest BCUT2D eigenvalue weighted by Crippen LogP contribution is -2.26. The largest absolute Gasteiger partial charge is 0.326 e. The SMILES string of the molecule is Cc1nc2cc(NC(=O)CCn3nnc4ccccc4c3=O)ccc2s1. The fraction of sp³-hybridized carbons (Fsp3) is 0.167. The van der Waals surface area contributed by atoms with Gasteiger partial charge in [-0.05, 0) is 37.3 Å².